The molecule has 0 spiro atoms. The molecule has 0 unspecified atom stereocenters. The van der Waals surface area contributed by atoms with E-state index in [0.29, 0.717) is 5.92 Å². The van der Waals surface area contributed by atoms with Crippen LogP contribution in [0.4, 0.5) is 0 Å². The van der Waals surface area contributed by atoms with Crippen LogP contribution in [-0.4, -0.2) is 13.1 Å². The summed E-state index contributed by atoms with van der Waals surface area (Å²) in [4.78, 5) is 11.7. The molecule has 102 valence electrons. The van der Waals surface area contributed by atoms with Crippen molar-refractivity contribution in [3.63, 3.8) is 0 Å². The number of allylic oxidation sites excluding steroid dienone is 3. The molecule has 0 N–H and O–H groups in total. The van der Waals surface area contributed by atoms with Gasteiger partial charge in [0.25, 0.3) is 0 Å². The molecule has 0 amide bonds. The van der Waals surface area contributed by atoms with Crippen LogP contribution in [0, 0.1) is 17.3 Å². The number of ether oxygens (including phenoxy) is 1. The van der Waals surface area contributed by atoms with E-state index in [0.717, 1.165) is 25.7 Å². The van der Waals surface area contributed by atoms with Gasteiger partial charge in [-0.05, 0) is 43.9 Å². The number of hydrogen-bond acceptors (Lipinski definition) is 2. The molecule has 1 fully saturated rings. The molecule has 1 aliphatic rings. The van der Waals surface area contributed by atoms with Crippen LogP contribution in [0.25, 0.3) is 0 Å². The number of carbonyl (C=O) groups is 1. The highest BCUT2D eigenvalue weighted by molar-refractivity contribution is 5.74. The van der Waals surface area contributed by atoms with Crippen molar-refractivity contribution in [2.75, 3.05) is 7.11 Å². The third-order valence-electron chi connectivity index (χ3n) is 4.22. The Labute approximate surface area is 111 Å². The minimum atomic E-state index is -0.0351. The van der Waals surface area contributed by atoms with E-state index in [1.54, 1.807) is 0 Å². The molecule has 2 atom stereocenters. The maximum atomic E-state index is 11.7. The van der Waals surface area contributed by atoms with Crippen molar-refractivity contribution in [1.29, 1.82) is 0 Å². The first-order valence-corrected chi connectivity index (χ1v) is 6.76. The topological polar surface area (TPSA) is 26.3 Å². The minimum absolute atomic E-state index is 0.0351. The van der Waals surface area contributed by atoms with Crippen LogP contribution in [0.15, 0.2) is 24.3 Å². The van der Waals surface area contributed by atoms with Gasteiger partial charge < -0.3 is 4.74 Å². The molecule has 0 aromatic carbocycles. The SMILES string of the molecule is C=CC/C=C(\C)CC[C@@H]1[C@@H](C(=O)OC)CC1(C)C. The summed E-state index contributed by atoms with van der Waals surface area (Å²) in [5, 5.41) is 0. The zero-order valence-corrected chi connectivity index (χ0v) is 12.2. The molecule has 1 rings (SSSR count). The van der Waals surface area contributed by atoms with Crippen LogP contribution >= 0.6 is 0 Å². The van der Waals surface area contributed by atoms with Gasteiger partial charge in [-0.15, -0.1) is 6.58 Å². The van der Waals surface area contributed by atoms with E-state index in [1.165, 1.54) is 12.7 Å². The van der Waals surface area contributed by atoms with Crippen molar-refractivity contribution in [3.05, 3.63) is 24.3 Å². The predicted octanol–water partition coefficient (Wildman–Crippen LogP) is 4.12. The highest BCUT2D eigenvalue weighted by Crippen LogP contribution is 2.53. The Hall–Kier alpha value is -1.05. The molecule has 2 nitrogen and oxygen atoms in total. The lowest BCUT2D eigenvalue weighted by molar-refractivity contribution is -0.161. The number of esters is 1. The Kier molecular flexibility index (Phi) is 5.18. The highest BCUT2D eigenvalue weighted by Gasteiger charge is 2.50. The Morgan fingerprint density at radius 1 is 1.50 bits per heavy atom. The van der Waals surface area contributed by atoms with Gasteiger partial charge in [-0.1, -0.05) is 31.6 Å². The van der Waals surface area contributed by atoms with E-state index in [1.807, 2.05) is 6.08 Å². The van der Waals surface area contributed by atoms with E-state index in [2.05, 4.69) is 33.4 Å². The maximum absolute atomic E-state index is 11.7. The first kappa shape index (κ1) is 15.0. The fourth-order valence-corrected chi connectivity index (χ4v) is 3.01. The van der Waals surface area contributed by atoms with Gasteiger partial charge in [-0.2, -0.15) is 0 Å². The van der Waals surface area contributed by atoms with Gasteiger partial charge in [0.2, 0.25) is 0 Å². The number of rotatable bonds is 6. The van der Waals surface area contributed by atoms with Crippen molar-refractivity contribution in [1.82, 2.24) is 0 Å². The third-order valence-corrected chi connectivity index (χ3v) is 4.22. The van der Waals surface area contributed by atoms with Crippen LogP contribution in [-0.2, 0) is 9.53 Å². The van der Waals surface area contributed by atoms with Gasteiger partial charge in [0, 0.05) is 0 Å². The zero-order valence-electron chi connectivity index (χ0n) is 12.2. The standard InChI is InChI=1S/C16H26O2/c1-6-7-8-12(2)9-10-14-13(15(17)18-5)11-16(14,3)4/h6,8,13-14H,1,7,9-11H2,2-5H3/b12-8+/t13-,14+/m0/s1. The minimum Gasteiger partial charge on any atom is -0.469 e. The third kappa shape index (κ3) is 3.47. The van der Waals surface area contributed by atoms with Gasteiger partial charge in [0.05, 0.1) is 13.0 Å². The van der Waals surface area contributed by atoms with Gasteiger partial charge in [-0.25, -0.2) is 0 Å². The van der Waals surface area contributed by atoms with E-state index in [9.17, 15) is 4.79 Å². The van der Waals surface area contributed by atoms with Crippen molar-refractivity contribution < 1.29 is 9.53 Å². The second kappa shape index (κ2) is 6.21. The first-order valence-electron chi connectivity index (χ1n) is 6.76. The highest BCUT2D eigenvalue weighted by atomic mass is 16.5. The lowest BCUT2D eigenvalue weighted by Gasteiger charge is -2.50. The molecule has 0 heterocycles. The molecule has 0 aromatic heterocycles. The summed E-state index contributed by atoms with van der Waals surface area (Å²) < 4.78 is 4.88. The van der Waals surface area contributed by atoms with Crippen LogP contribution in [0.5, 0.6) is 0 Å². The summed E-state index contributed by atoms with van der Waals surface area (Å²) in [5.74, 6) is 0.529. The number of methoxy groups -OCH3 is 1. The molecule has 0 saturated heterocycles. The molecule has 18 heavy (non-hydrogen) atoms. The lowest BCUT2D eigenvalue weighted by atomic mass is 9.54. The van der Waals surface area contributed by atoms with Crippen LogP contribution in [0.2, 0.25) is 0 Å². The quantitative estimate of drug-likeness (QED) is 0.523. The molecule has 0 radical (unpaired) electrons. The van der Waals surface area contributed by atoms with Crippen molar-refractivity contribution >= 4 is 5.97 Å². The Morgan fingerprint density at radius 3 is 2.67 bits per heavy atom. The van der Waals surface area contributed by atoms with E-state index < -0.39 is 0 Å². The molecule has 1 aliphatic carbocycles. The fourth-order valence-electron chi connectivity index (χ4n) is 3.01. The Morgan fingerprint density at radius 2 is 2.17 bits per heavy atom. The van der Waals surface area contributed by atoms with E-state index in [4.69, 9.17) is 4.74 Å². The predicted molar refractivity (Wildman–Crippen MR) is 75.2 cm³/mol. The van der Waals surface area contributed by atoms with E-state index in [-0.39, 0.29) is 17.3 Å². The normalized spacial score (nSPS) is 26.3. The molecule has 1 saturated carbocycles. The molecule has 0 aromatic rings. The fraction of sp³-hybridized carbons (Fsp3) is 0.688. The van der Waals surface area contributed by atoms with Gasteiger partial charge in [0.15, 0.2) is 0 Å². The smallest absolute Gasteiger partial charge is 0.308 e. The zero-order chi connectivity index (χ0) is 13.8. The van der Waals surface area contributed by atoms with Gasteiger partial charge in [0.1, 0.15) is 0 Å². The van der Waals surface area contributed by atoms with Crippen molar-refractivity contribution in [2.24, 2.45) is 17.3 Å². The van der Waals surface area contributed by atoms with E-state index >= 15 is 0 Å². The average Bonchev–Trinajstić information content (AvgIpc) is 2.32. The monoisotopic (exact) mass is 250 g/mol. The van der Waals surface area contributed by atoms with Crippen LogP contribution < -0.4 is 0 Å². The Bertz CT molecular complexity index is 339. The van der Waals surface area contributed by atoms with Crippen LogP contribution in [0.1, 0.15) is 46.5 Å². The summed E-state index contributed by atoms with van der Waals surface area (Å²) in [6.07, 6.45) is 8.15. The number of hydrogen-bond donors (Lipinski definition) is 0. The summed E-state index contributed by atoms with van der Waals surface area (Å²) in [7, 11) is 1.49. The number of carbonyl (C=O) groups excluding carboxylic acids is 1. The largest absolute Gasteiger partial charge is 0.469 e. The molecule has 0 bridgehead atoms. The summed E-state index contributed by atoms with van der Waals surface area (Å²) in [5.41, 5.74) is 1.67. The summed E-state index contributed by atoms with van der Waals surface area (Å²) in [6, 6.07) is 0. The van der Waals surface area contributed by atoms with Crippen molar-refractivity contribution in [3.8, 4) is 0 Å². The van der Waals surface area contributed by atoms with Gasteiger partial charge in [-0.3, -0.25) is 4.79 Å². The van der Waals surface area contributed by atoms with Crippen molar-refractivity contribution in [2.45, 2.75) is 46.5 Å². The summed E-state index contributed by atoms with van der Waals surface area (Å²) >= 11 is 0. The molecule has 2 heteroatoms. The Balaban J connectivity index is 2.52. The molecular formula is C16H26O2. The summed E-state index contributed by atoms with van der Waals surface area (Å²) in [6.45, 7) is 10.4. The molecular weight excluding hydrogens is 224 g/mol. The second-order valence-corrected chi connectivity index (χ2v) is 6.04. The maximum Gasteiger partial charge on any atom is 0.308 e. The lowest BCUT2D eigenvalue weighted by Crippen LogP contribution is -2.48. The van der Waals surface area contributed by atoms with Gasteiger partial charge >= 0.3 is 5.97 Å². The van der Waals surface area contributed by atoms with Crippen LogP contribution in [0.3, 0.4) is 0 Å². The molecule has 0 aliphatic heterocycles. The average molecular weight is 250 g/mol. The second-order valence-electron chi connectivity index (χ2n) is 6.04. The first-order chi connectivity index (χ1) is 8.42.